The summed E-state index contributed by atoms with van der Waals surface area (Å²) in [5, 5.41) is 11.4. The van der Waals surface area contributed by atoms with Gasteiger partial charge in [-0.2, -0.15) is 10.1 Å². The number of hydrogen-bond donors (Lipinski definition) is 2. The summed E-state index contributed by atoms with van der Waals surface area (Å²) in [4.78, 5) is 20.8. The third-order valence-corrected chi connectivity index (χ3v) is 4.89. The van der Waals surface area contributed by atoms with E-state index in [0.717, 1.165) is 44.9 Å². The lowest BCUT2D eigenvalue weighted by Crippen LogP contribution is -2.07. The molecule has 4 rings (SSSR count). The van der Waals surface area contributed by atoms with Crippen LogP contribution in [0.25, 0.3) is 16.7 Å². The van der Waals surface area contributed by atoms with E-state index in [4.69, 9.17) is 4.98 Å². The van der Waals surface area contributed by atoms with Crippen molar-refractivity contribution in [2.45, 2.75) is 20.8 Å². The number of hydrogen-bond acceptors (Lipinski definition) is 5. The molecule has 0 aliphatic rings. The van der Waals surface area contributed by atoms with Gasteiger partial charge in [-0.3, -0.25) is 9.48 Å². The Balaban J connectivity index is 1.75. The van der Waals surface area contributed by atoms with Crippen molar-refractivity contribution in [1.29, 1.82) is 0 Å². The van der Waals surface area contributed by atoms with Gasteiger partial charge in [0.05, 0.1) is 16.9 Å². The van der Waals surface area contributed by atoms with Crippen molar-refractivity contribution in [2.24, 2.45) is 7.05 Å². The van der Waals surface area contributed by atoms with Gasteiger partial charge in [0.1, 0.15) is 5.82 Å². The minimum atomic E-state index is -0.237. The molecule has 1 amide bonds. The SMILES string of the molecule is C=CC(=O)Nc1ccc2c(c1)c(C)cn2-c1nc(Nc2cn(C)nc2C)ncc1C. The van der Waals surface area contributed by atoms with E-state index in [-0.39, 0.29) is 5.91 Å². The monoisotopic (exact) mass is 401 g/mol. The summed E-state index contributed by atoms with van der Waals surface area (Å²) in [7, 11) is 1.88. The first-order chi connectivity index (χ1) is 14.4. The van der Waals surface area contributed by atoms with Crippen LogP contribution in [-0.4, -0.2) is 30.2 Å². The number of fused-ring (bicyclic) bond motifs is 1. The smallest absolute Gasteiger partial charge is 0.247 e. The van der Waals surface area contributed by atoms with Crippen LogP contribution < -0.4 is 10.6 Å². The number of carbonyl (C=O) groups is 1. The molecule has 0 aliphatic carbocycles. The second kappa shape index (κ2) is 7.47. The van der Waals surface area contributed by atoms with Gasteiger partial charge in [-0.25, -0.2) is 4.98 Å². The predicted molar refractivity (Wildman–Crippen MR) is 118 cm³/mol. The maximum absolute atomic E-state index is 11.6. The number of aromatic nitrogens is 5. The van der Waals surface area contributed by atoms with Gasteiger partial charge in [0.25, 0.3) is 0 Å². The Morgan fingerprint density at radius 3 is 2.67 bits per heavy atom. The number of carbonyl (C=O) groups excluding carboxylic acids is 1. The highest BCUT2D eigenvalue weighted by molar-refractivity contribution is 6.00. The highest BCUT2D eigenvalue weighted by atomic mass is 16.1. The molecule has 0 bridgehead atoms. The summed E-state index contributed by atoms with van der Waals surface area (Å²) in [6, 6.07) is 5.80. The summed E-state index contributed by atoms with van der Waals surface area (Å²) >= 11 is 0. The van der Waals surface area contributed by atoms with Crippen molar-refractivity contribution in [3.8, 4) is 5.82 Å². The molecule has 152 valence electrons. The minimum Gasteiger partial charge on any atom is -0.323 e. The van der Waals surface area contributed by atoms with Crippen molar-refractivity contribution in [1.82, 2.24) is 24.3 Å². The van der Waals surface area contributed by atoms with Gasteiger partial charge in [-0.15, -0.1) is 0 Å². The fraction of sp³-hybridized carbons (Fsp3) is 0.182. The molecule has 2 N–H and O–H groups in total. The molecule has 0 fully saturated rings. The summed E-state index contributed by atoms with van der Waals surface area (Å²) < 4.78 is 3.79. The molecule has 0 spiro atoms. The highest BCUT2D eigenvalue weighted by Gasteiger charge is 2.14. The Labute approximate surface area is 174 Å². The molecular formula is C22H23N7O. The van der Waals surface area contributed by atoms with E-state index in [0.29, 0.717) is 5.95 Å². The third-order valence-electron chi connectivity index (χ3n) is 4.89. The third kappa shape index (κ3) is 3.55. The van der Waals surface area contributed by atoms with Crippen molar-refractivity contribution >= 4 is 34.1 Å². The average Bonchev–Trinajstić information content (AvgIpc) is 3.21. The molecular weight excluding hydrogens is 378 g/mol. The van der Waals surface area contributed by atoms with Gasteiger partial charge >= 0.3 is 0 Å². The lowest BCUT2D eigenvalue weighted by atomic mass is 10.1. The number of anilines is 3. The zero-order valence-corrected chi connectivity index (χ0v) is 17.4. The Morgan fingerprint density at radius 2 is 1.97 bits per heavy atom. The van der Waals surface area contributed by atoms with Crippen LogP contribution in [-0.2, 0) is 11.8 Å². The van der Waals surface area contributed by atoms with E-state index >= 15 is 0 Å². The first-order valence-electron chi connectivity index (χ1n) is 9.52. The van der Waals surface area contributed by atoms with Gasteiger partial charge in [0.2, 0.25) is 11.9 Å². The maximum Gasteiger partial charge on any atom is 0.247 e. The predicted octanol–water partition coefficient (Wildman–Crippen LogP) is 3.95. The number of aryl methyl sites for hydroxylation is 4. The van der Waals surface area contributed by atoms with E-state index in [1.165, 1.54) is 6.08 Å². The molecule has 1 aromatic carbocycles. The second-order valence-electron chi connectivity index (χ2n) is 7.23. The van der Waals surface area contributed by atoms with Crippen LogP contribution in [0.15, 0.2) is 49.4 Å². The van der Waals surface area contributed by atoms with E-state index in [1.807, 2.05) is 63.0 Å². The van der Waals surface area contributed by atoms with Gasteiger partial charge in [-0.05, 0) is 50.6 Å². The molecule has 0 saturated carbocycles. The summed E-state index contributed by atoms with van der Waals surface area (Å²) in [6.07, 6.45) is 6.99. The van der Waals surface area contributed by atoms with Crippen LogP contribution >= 0.6 is 0 Å². The number of nitrogens with one attached hydrogen (secondary N) is 2. The van der Waals surface area contributed by atoms with Crippen LogP contribution in [0.2, 0.25) is 0 Å². The standard InChI is InChI=1S/C22H23N7O/c1-6-20(30)24-16-7-8-19-17(9-16)14(3)11-29(19)21-13(2)10-23-22(26-21)25-18-12-28(5)27-15(18)4/h6-12H,1H2,2-5H3,(H,24,30)(H,23,25,26). The van der Waals surface area contributed by atoms with Gasteiger partial charge in [-0.1, -0.05) is 6.58 Å². The molecule has 0 unspecified atom stereocenters. The Morgan fingerprint density at radius 1 is 1.17 bits per heavy atom. The number of amides is 1. The molecule has 0 atom stereocenters. The summed E-state index contributed by atoms with van der Waals surface area (Å²) in [5.41, 5.74) is 5.49. The fourth-order valence-electron chi connectivity index (χ4n) is 3.42. The lowest BCUT2D eigenvalue weighted by molar-refractivity contribution is -0.111. The van der Waals surface area contributed by atoms with E-state index < -0.39 is 0 Å². The maximum atomic E-state index is 11.6. The molecule has 4 aromatic rings. The van der Waals surface area contributed by atoms with E-state index in [9.17, 15) is 4.79 Å². The van der Waals surface area contributed by atoms with Crippen molar-refractivity contribution in [2.75, 3.05) is 10.6 Å². The number of rotatable bonds is 5. The average molecular weight is 401 g/mol. The molecule has 30 heavy (non-hydrogen) atoms. The van der Waals surface area contributed by atoms with Crippen LogP contribution in [0, 0.1) is 20.8 Å². The molecule has 0 radical (unpaired) electrons. The zero-order chi connectivity index (χ0) is 21.4. The van der Waals surface area contributed by atoms with Crippen LogP contribution in [0.3, 0.4) is 0 Å². The molecule has 3 aromatic heterocycles. The minimum absolute atomic E-state index is 0.237. The quantitative estimate of drug-likeness (QED) is 0.494. The highest BCUT2D eigenvalue weighted by Crippen LogP contribution is 2.28. The van der Waals surface area contributed by atoms with Crippen molar-refractivity contribution in [3.05, 3.63) is 66.3 Å². The zero-order valence-electron chi connectivity index (χ0n) is 17.4. The Hall–Kier alpha value is -3.94. The summed E-state index contributed by atoms with van der Waals surface area (Å²) in [6.45, 7) is 9.44. The largest absolute Gasteiger partial charge is 0.323 e. The first kappa shape index (κ1) is 19.4. The van der Waals surface area contributed by atoms with Gasteiger partial charge < -0.3 is 15.2 Å². The van der Waals surface area contributed by atoms with Crippen molar-refractivity contribution in [3.63, 3.8) is 0 Å². The Kier molecular flexibility index (Phi) is 4.83. The van der Waals surface area contributed by atoms with Crippen LogP contribution in [0.5, 0.6) is 0 Å². The molecule has 0 saturated heterocycles. The van der Waals surface area contributed by atoms with Crippen LogP contribution in [0.4, 0.5) is 17.3 Å². The lowest BCUT2D eigenvalue weighted by Gasteiger charge is -2.11. The molecule has 8 nitrogen and oxygen atoms in total. The van der Waals surface area contributed by atoms with E-state index in [2.05, 4.69) is 27.3 Å². The van der Waals surface area contributed by atoms with Gasteiger partial charge in [0, 0.05) is 42.3 Å². The fourth-order valence-corrected chi connectivity index (χ4v) is 3.42. The number of benzene rings is 1. The molecule has 8 heteroatoms. The van der Waals surface area contributed by atoms with E-state index in [1.54, 1.807) is 10.9 Å². The number of nitrogens with zero attached hydrogens (tertiary/aromatic N) is 5. The Bertz CT molecular complexity index is 1280. The second-order valence-corrected chi connectivity index (χ2v) is 7.23. The summed E-state index contributed by atoms with van der Waals surface area (Å²) in [5.74, 6) is 1.05. The first-order valence-corrected chi connectivity index (χ1v) is 9.52. The molecule has 0 aliphatic heterocycles. The topological polar surface area (TPSA) is 89.7 Å². The van der Waals surface area contributed by atoms with Crippen LogP contribution in [0.1, 0.15) is 16.8 Å². The van der Waals surface area contributed by atoms with Gasteiger partial charge in [0.15, 0.2) is 0 Å². The van der Waals surface area contributed by atoms with Crippen molar-refractivity contribution < 1.29 is 4.79 Å². The molecule has 3 heterocycles. The normalized spacial score (nSPS) is 10.9.